The summed E-state index contributed by atoms with van der Waals surface area (Å²) in [5, 5.41) is -0.0439. The quantitative estimate of drug-likeness (QED) is 0.112. The Labute approximate surface area is 265 Å². The van der Waals surface area contributed by atoms with Crippen molar-refractivity contribution in [3.8, 4) is 0 Å². The minimum absolute atomic E-state index is 0.0420. The van der Waals surface area contributed by atoms with Crippen LogP contribution >= 0.6 is 11.6 Å². The van der Waals surface area contributed by atoms with Gasteiger partial charge in [0.05, 0.1) is 18.5 Å². The van der Waals surface area contributed by atoms with Crippen LogP contribution in [0.4, 0.5) is 0 Å². The molecule has 1 N–H and O–H groups in total. The zero-order chi connectivity index (χ0) is 31.2. The highest BCUT2D eigenvalue weighted by Crippen LogP contribution is 2.42. The Morgan fingerprint density at radius 2 is 1.77 bits per heavy atom. The molecule has 3 unspecified atom stereocenters. The van der Waals surface area contributed by atoms with Gasteiger partial charge in [0.1, 0.15) is 0 Å². The van der Waals surface area contributed by atoms with Crippen molar-refractivity contribution in [1.82, 2.24) is 4.72 Å². The number of amides is 1. The Kier molecular flexibility index (Phi) is 15.7. The molecule has 8 nitrogen and oxygen atoms in total. The third-order valence-corrected chi connectivity index (χ3v) is 9.49. The first-order valence-corrected chi connectivity index (χ1v) is 18.5. The Hall–Kier alpha value is -1.23. The molecular weight excluding hydrogens is 590 g/mol. The number of rotatable bonds is 16. The smallest absolute Gasteiger partial charge is 0.233 e. The minimum atomic E-state index is -3.52. The standard InChI is InChI=1S/C33H54ClNO7S/c1-24(2)17-18-25(3)29(41-32-15-9-11-21-39-32)20-19-27-26(13-7-5-6-8-14-31(36)35-43(4,37)38)28(34)23-30(27)42-33-16-10-12-22-40-33/h5,7,17,19-20,25-30,32-33H,6,8-16,18,21-23H2,1-4H3,(H,35,36)/b7-5-,20-19+/t25?,26-,27-,28-,29-,30-,32?,33?/m1/s1. The second-order valence-corrected chi connectivity index (χ2v) is 14.9. The first-order valence-electron chi connectivity index (χ1n) is 16.2. The number of unbranched alkanes of at least 4 members (excludes halogenated alkanes) is 1. The van der Waals surface area contributed by atoms with Crippen molar-refractivity contribution < 1.29 is 32.2 Å². The van der Waals surface area contributed by atoms with Gasteiger partial charge in [-0.1, -0.05) is 42.9 Å². The molecule has 1 saturated carbocycles. The average Bonchev–Trinajstić information content (AvgIpc) is 3.24. The lowest BCUT2D eigenvalue weighted by atomic mass is 9.89. The van der Waals surface area contributed by atoms with Crippen LogP contribution in [0.1, 0.15) is 97.8 Å². The SMILES string of the molecule is CC(C)=CCC(C)[C@@H](/C=C/[C@@H]1[C@@H](C/C=C\CCCC(=O)NS(C)(=O)=O)[C@H](Cl)C[C@H]1OC1CCCCO1)OC1CCCCO1. The zero-order valence-electron chi connectivity index (χ0n) is 26.5. The van der Waals surface area contributed by atoms with Crippen molar-refractivity contribution >= 4 is 27.5 Å². The summed E-state index contributed by atoms with van der Waals surface area (Å²) < 4.78 is 49.4. The molecule has 2 aliphatic heterocycles. The molecule has 3 rings (SSSR count). The molecule has 2 saturated heterocycles. The van der Waals surface area contributed by atoms with Gasteiger partial charge in [-0.25, -0.2) is 8.42 Å². The lowest BCUT2D eigenvalue weighted by Gasteiger charge is -2.31. The van der Waals surface area contributed by atoms with Crippen molar-refractivity contribution in [3.63, 3.8) is 0 Å². The highest BCUT2D eigenvalue weighted by Gasteiger charge is 2.42. The zero-order valence-corrected chi connectivity index (χ0v) is 28.1. The maximum atomic E-state index is 11.8. The summed E-state index contributed by atoms with van der Waals surface area (Å²) in [6, 6.07) is 0. The average molecular weight is 644 g/mol. The molecule has 3 aliphatic rings. The fraction of sp³-hybridized carbons (Fsp3) is 0.788. The van der Waals surface area contributed by atoms with E-state index < -0.39 is 15.9 Å². The number of allylic oxidation sites excluding steroid dienone is 4. The molecule has 246 valence electrons. The van der Waals surface area contributed by atoms with Crippen LogP contribution in [-0.2, 0) is 33.8 Å². The Bertz CT molecular complexity index is 1030. The molecule has 1 amide bonds. The van der Waals surface area contributed by atoms with Crippen LogP contribution in [0.5, 0.6) is 0 Å². The fourth-order valence-electron chi connectivity index (χ4n) is 5.97. The molecule has 0 spiro atoms. The van der Waals surface area contributed by atoms with E-state index in [2.05, 4.69) is 51.2 Å². The summed E-state index contributed by atoms with van der Waals surface area (Å²) in [6.07, 6.45) is 21.5. The van der Waals surface area contributed by atoms with Crippen molar-refractivity contribution in [2.75, 3.05) is 19.5 Å². The van der Waals surface area contributed by atoms with Gasteiger partial charge in [0.25, 0.3) is 0 Å². The Morgan fingerprint density at radius 3 is 2.40 bits per heavy atom. The normalized spacial score (nSPS) is 30.0. The maximum Gasteiger partial charge on any atom is 0.233 e. The van der Waals surface area contributed by atoms with Crippen molar-refractivity contribution in [3.05, 3.63) is 36.0 Å². The predicted octanol–water partition coefficient (Wildman–Crippen LogP) is 6.79. The topological polar surface area (TPSA) is 100 Å². The summed E-state index contributed by atoms with van der Waals surface area (Å²) in [4.78, 5) is 11.8. The lowest BCUT2D eigenvalue weighted by Crippen LogP contribution is -2.32. The largest absolute Gasteiger partial charge is 0.353 e. The Balaban J connectivity index is 1.69. The summed E-state index contributed by atoms with van der Waals surface area (Å²) in [5.74, 6) is 0.0872. The first-order chi connectivity index (χ1) is 20.5. The summed E-state index contributed by atoms with van der Waals surface area (Å²) in [6.45, 7) is 7.96. The maximum absolute atomic E-state index is 11.8. The lowest BCUT2D eigenvalue weighted by molar-refractivity contribution is -0.193. The molecule has 8 atom stereocenters. The van der Waals surface area contributed by atoms with Gasteiger partial charge in [-0.3, -0.25) is 9.52 Å². The van der Waals surface area contributed by atoms with E-state index in [1.54, 1.807) is 0 Å². The molecule has 0 radical (unpaired) electrons. The molecule has 0 aromatic carbocycles. The van der Waals surface area contributed by atoms with Gasteiger partial charge in [0.15, 0.2) is 12.6 Å². The Morgan fingerprint density at radius 1 is 1.07 bits per heavy atom. The molecule has 3 fully saturated rings. The third-order valence-electron chi connectivity index (χ3n) is 8.39. The summed E-state index contributed by atoms with van der Waals surface area (Å²) in [5.41, 5.74) is 1.30. The number of carbonyl (C=O) groups excluding carboxylic acids is 1. The van der Waals surface area contributed by atoms with Crippen LogP contribution in [0.25, 0.3) is 0 Å². The number of halogens is 1. The van der Waals surface area contributed by atoms with Crippen LogP contribution in [0.15, 0.2) is 36.0 Å². The number of hydrogen-bond acceptors (Lipinski definition) is 7. The van der Waals surface area contributed by atoms with Crippen molar-refractivity contribution in [2.24, 2.45) is 17.8 Å². The van der Waals surface area contributed by atoms with Gasteiger partial charge in [-0.15, -0.1) is 11.6 Å². The van der Waals surface area contributed by atoms with Crippen LogP contribution in [0.3, 0.4) is 0 Å². The van der Waals surface area contributed by atoms with Crippen molar-refractivity contribution in [2.45, 2.75) is 128 Å². The molecule has 0 aromatic heterocycles. The van der Waals surface area contributed by atoms with Gasteiger partial charge in [-0.2, -0.15) is 0 Å². The van der Waals surface area contributed by atoms with E-state index in [4.69, 9.17) is 30.5 Å². The van der Waals surface area contributed by atoms with E-state index >= 15 is 0 Å². The van der Waals surface area contributed by atoms with E-state index in [0.717, 1.165) is 77.3 Å². The monoisotopic (exact) mass is 643 g/mol. The number of sulfonamides is 1. The molecule has 0 bridgehead atoms. The number of nitrogens with one attached hydrogen (secondary N) is 1. The van der Waals surface area contributed by atoms with E-state index in [-0.39, 0.29) is 54.3 Å². The van der Waals surface area contributed by atoms with Crippen LogP contribution in [0.2, 0.25) is 0 Å². The third kappa shape index (κ3) is 13.7. The van der Waals surface area contributed by atoms with E-state index in [1.165, 1.54) is 5.57 Å². The molecule has 10 heteroatoms. The summed E-state index contributed by atoms with van der Waals surface area (Å²) >= 11 is 6.99. The number of ether oxygens (including phenoxy) is 4. The van der Waals surface area contributed by atoms with Gasteiger partial charge < -0.3 is 18.9 Å². The van der Waals surface area contributed by atoms with Crippen LogP contribution in [0, 0.1) is 17.8 Å². The molecular formula is C33H54ClNO7S. The predicted molar refractivity (Wildman–Crippen MR) is 171 cm³/mol. The molecule has 43 heavy (non-hydrogen) atoms. The van der Waals surface area contributed by atoms with Gasteiger partial charge in [0, 0.05) is 30.9 Å². The first kappa shape index (κ1) is 36.2. The number of carbonyl (C=O) groups is 1. The minimum Gasteiger partial charge on any atom is -0.353 e. The molecule has 0 aromatic rings. The van der Waals surface area contributed by atoms with E-state index in [0.29, 0.717) is 12.8 Å². The highest BCUT2D eigenvalue weighted by atomic mass is 35.5. The summed E-state index contributed by atoms with van der Waals surface area (Å²) in [7, 11) is -3.52. The second-order valence-electron chi connectivity index (χ2n) is 12.6. The molecule has 2 heterocycles. The van der Waals surface area contributed by atoms with Gasteiger partial charge in [-0.05, 0) is 96.3 Å². The van der Waals surface area contributed by atoms with Gasteiger partial charge in [0.2, 0.25) is 15.9 Å². The van der Waals surface area contributed by atoms with E-state index in [1.807, 2.05) is 4.72 Å². The van der Waals surface area contributed by atoms with Crippen LogP contribution in [-0.4, -0.2) is 64.0 Å². The van der Waals surface area contributed by atoms with E-state index in [9.17, 15) is 13.2 Å². The van der Waals surface area contributed by atoms with Crippen LogP contribution < -0.4 is 4.72 Å². The van der Waals surface area contributed by atoms with Gasteiger partial charge >= 0.3 is 0 Å². The van der Waals surface area contributed by atoms with Crippen molar-refractivity contribution in [1.29, 1.82) is 0 Å². The number of hydrogen-bond donors (Lipinski definition) is 1. The second kappa shape index (κ2) is 18.7. The fourth-order valence-corrected chi connectivity index (χ4v) is 6.93. The number of alkyl halides is 1. The highest BCUT2D eigenvalue weighted by molar-refractivity contribution is 7.89. The molecule has 1 aliphatic carbocycles.